The minimum atomic E-state index is -0.229. The molecule has 0 aliphatic rings. The highest BCUT2D eigenvalue weighted by Crippen LogP contribution is 2.19. The number of aromatic amines is 1. The summed E-state index contributed by atoms with van der Waals surface area (Å²) < 4.78 is 0. The fourth-order valence-electron chi connectivity index (χ4n) is 2.57. The van der Waals surface area contributed by atoms with Crippen molar-refractivity contribution >= 4 is 28.4 Å². The van der Waals surface area contributed by atoms with E-state index in [4.69, 9.17) is 0 Å². The molecule has 0 bridgehead atoms. The summed E-state index contributed by atoms with van der Waals surface area (Å²) in [5.74, 6) is -0.390. The molecule has 5 heteroatoms. The summed E-state index contributed by atoms with van der Waals surface area (Å²) in [6.07, 6.45) is 2.08. The Morgan fingerprint density at radius 3 is 2.61 bits per heavy atom. The number of anilines is 1. The molecule has 0 aliphatic carbocycles. The van der Waals surface area contributed by atoms with Gasteiger partial charge in [-0.05, 0) is 23.8 Å². The standard InChI is InChI=1S/C18H17N3O2/c1-19-18(23)14-7-3-5-9-16(14)21-17(22)10-12-11-20-15-8-4-2-6-13(12)15/h2-9,11,20H,10H2,1H3,(H,19,23)(H,21,22). The van der Waals surface area contributed by atoms with E-state index in [-0.39, 0.29) is 18.2 Å². The Morgan fingerprint density at radius 1 is 1.04 bits per heavy atom. The van der Waals surface area contributed by atoms with E-state index in [1.165, 1.54) is 0 Å². The summed E-state index contributed by atoms with van der Waals surface area (Å²) in [7, 11) is 1.56. The largest absolute Gasteiger partial charge is 0.361 e. The fourth-order valence-corrected chi connectivity index (χ4v) is 2.57. The number of carbonyl (C=O) groups excluding carboxylic acids is 2. The first-order valence-electron chi connectivity index (χ1n) is 7.35. The second-order valence-electron chi connectivity index (χ2n) is 5.21. The fraction of sp³-hybridized carbons (Fsp3) is 0.111. The molecule has 3 rings (SSSR count). The van der Waals surface area contributed by atoms with Crippen LogP contribution in [0.25, 0.3) is 10.9 Å². The van der Waals surface area contributed by atoms with Gasteiger partial charge in [-0.25, -0.2) is 0 Å². The van der Waals surface area contributed by atoms with Crippen LogP contribution in [0.1, 0.15) is 15.9 Å². The quantitative estimate of drug-likeness (QED) is 0.693. The van der Waals surface area contributed by atoms with Gasteiger partial charge in [-0.2, -0.15) is 0 Å². The van der Waals surface area contributed by atoms with Crippen LogP contribution in [0.2, 0.25) is 0 Å². The van der Waals surface area contributed by atoms with Gasteiger partial charge in [-0.3, -0.25) is 9.59 Å². The summed E-state index contributed by atoms with van der Waals surface area (Å²) in [4.78, 5) is 27.3. The number of H-pyrrole nitrogens is 1. The molecule has 1 heterocycles. The molecule has 0 aliphatic heterocycles. The van der Waals surface area contributed by atoms with Crippen molar-refractivity contribution in [1.82, 2.24) is 10.3 Å². The van der Waals surface area contributed by atoms with Crippen molar-refractivity contribution in [3.63, 3.8) is 0 Å². The molecule has 3 aromatic rings. The third kappa shape index (κ3) is 3.08. The molecule has 0 saturated carbocycles. The van der Waals surface area contributed by atoms with Crippen molar-refractivity contribution in [3.8, 4) is 0 Å². The van der Waals surface area contributed by atoms with Gasteiger partial charge in [0.25, 0.3) is 5.91 Å². The summed E-state index contributed by atoms with van der Waals surface area (Å²) >= 11 is 0. The van der Waals surface area contributed by atoms with E-state index in [0.29, 0.717) is 11.3 Å². The zero-order valence-corrected chi connectivity index (χ0v) is 12.7. The van der Waals surface area contributed by atoms with Crippen LogP contribution in [-0.2, 0) is 11.2 Å². The maximum atomic E-state index is 12.3. The molecule has 23 heavy (non-hydrogen) atoms. The van der Waals surface area contributed by atoms with Crippen LogP contribution in [0, 0.1) is 0 Å². The Morgan fingerprint density at radius 2 is 1.78 bits per heavy atom. The Balaban J connectivity index is 1.79. The van der Waals surface area contributed by atoms with Crippen LogP contribution in [0.15, 0.2) is 54.7 Å². The lowest BCUT2D eigenvalue weighted by Crippen LogP contribution is -2.22. The summed E-state index contributed by atoms with van der Waals surface area (Å²) in [5, 5.41) is 6.41. The van der Waals surface area contributed by atoms with Gasteiger partial charge in [-0.1, -0.05) is 30.3 Å². The van der Waals surface area contributed by atoms with E-state index in [0.717, 1.165) is 16.5 Å². The van der Waals surface area contributed by atoms with Crippen molar-refractivity contribution < 1.29 is 9.59 Å². The first-order valence-corrected chi connectivity index (χ1v) is 7.35. The van der Waals surface area contributed by atoms with E-state index < -0.39 is 0 Å². The third-order valence-corrected chi connectivity index (χ3v) is 3.70. The molecular formula is C18H17N3O2. The van der Waals surface area contributed by atoms with Crippen molar-refractivity contribution in [2.75, 3.05) is 12.4 Å². The zero-order chi connectivity index (χ0) is 16.2. The monoisotopic (exact) mass is 307 g/mol. The van der Waals surface area contributed by atoms with Gasteiger partial charge in [0.1, 0.15) is 0 Å². The SMILES string of the molecule is CNC(=O)c1ccccc1NC(=O)Cc1c[nH]c2ccccc12. The van der Waals surface area contributed by atoms with Crippen molar-refractivity contribution in [3.05, 3.63) is 65.9 Å². The van der Waals surface area contributed by atoms with Gasteiger partial charge in [0.15, 0.2) is 0 Å². The van der Waals surface area contributed by atoms with Gasteiger partial charge in [-0.15, -0.1) is 0 Å². The predicted octanol–water partition coefficient (Wildman–Crippen LogP) is 2.71. The Hall–Kier alpha value is -3.08. The Bertz CT molecular complexity index is 867. The van der Waals surface area contributed by atoms with Gasteiger partial charge >= 0.3 is 0 Å². The van der Waals surface area contributed by atoms with Crippen LogP contribution in [-0.4, -0.2) is 23.8 Å². The third-order valence-electron chi connectivity index (χ3n) is 3.70. The van der Waals surface area contributed by atoms with Gasteiger partial charge in [0.05, 0.1) is 17.7 Å². The smallest absolute Gasteiger partial charge is 0.253 e. The number of carbonyl (C=O) groups is 2. The number of hydrogen-bond donors (Lipinski definition) is 3. The van der Waals surface area contributed by atoms with Crippen LogP contribution in [0.5, 0.6) is 0 Å². The lowest BCUT2D eigenvalue weighted by Gasteiger charge is -2.09. The molecule has 0 atom stereocenters. The number of hydrogen-bond acceptors (Lipinski definition) is 2. The Labute approximate surface area is 133 Å². The van der Waals surface area contributed by atoms with E-state index in [9.17, 15) is 9.59 Å². The molecule has 1 aromatic heterocycles. The van der Waals surface area contributed by atoms with Gasteiger partial charge < -0.3 is 15.6 Å². The van der Waals surface area contributed by atoms with Crippen molar-refractivity contribution in [2.24, 2.45) is 0 Å². The number of benzene rings is 2. The minimum Gasteiger partial charge on any atom is -0.361 e. The van der Waals surface area contributed by atoms with Gasteiger partial charge in [0, 0.05) is 24.1 Å². The molecule has 2 aromatic carbocycles. The maximum Gasteiger partial charge on any atom is 0.253 e. The first-order chi connectivity index (χ1) is 11.2. The maximum absolute atomic E-state index is 12.3. The molecule has 0 spiro atoms. The number of aromatic nitrogens is 1. The molecule has 0 unspecified atom stereocenters. The first kappa shape index (κ1) is 14.8. The summed E-state index contributed by atoms with van der Waals surface area (Å²) in [6, 6.07) is 14.8. The minimum absolute atomic E-state index is 0.161. The number of nitrogens with one attached hydrogen (secondary N) is 3. The highest BCUT2D eigenvalue weighted by Gasteiger charge is 2.13. The topological polar surface area (TPSA) is 74.0 Å². The molecule has 2 amide bonds. The average Bonchev–Trinajstić information content (AvgIpc) is 2.98. The van der Waals surface area contributed by atoms with E-state index in [2.05, 4.69) is 15.6 Å². The van der Waals surface area contributed by atoms with Crippen LogP contribution in [0.3, 0.4) is 0 Å². The molecule has 0 fully saturated rings. The number of amides is 2. The molecule has 116 valence electrons. The highest BCUT2D eigenvalue weighted by molar-refractivity contribution is 6.04. The predicted molar refractivity (Wildman–Crippen MR) is 90.5 cm³/mol. The molecular weight excluding hydrogens is 290 g/mol. The van der Waals surface area contributed by atoms with E-state index in [1.54, 1.807) is 31.3 Å². The van der Waals surface area contributed by atoms with Gasteiger partial charge in [0.2, 0.25) is 5.91 Å². The van der Waals surface area contributed by atoms with Crippen LogP contribution >= 0.6 is 0 Å². The Kier molecular flexibility index (Phi) is 4.10. The molecule has 0 saturated heterocycles. The zero-order valence-electron chi connectivity index (χ0n) is 12.7. The summed E-state index contributed by atoms with van der Waals surface area (Å²) in [5.41, 5.74) is 2.88. The molecule has 3 N–H and O–H groups in total. The normalized spacial score (nSPS) is 10.5. The molecule has 5 nitrogen and oxygen atoms in total. The van der Waals surface area contributed by atoms with Crippen LogP contribution in [0.4, 0.5) is 5.69 Å². The van der Waals surface area contributed by atoms with Crippen LogP contribution < -0.4 is 10.6 Å². The lowest BCUT2D eigenvalue weighted by atomic mass is 10.1. The van der Waals surface area contributed by atoms with E-state index in [1.807, 2.05) is 30.5 Å². The number of fused-ring (bicyclic) bond motifs is 1. The lowest BCUT2D eigenvalue weighted by molar-refractivity contribution is -0.115. The van der Waals surface area contributed by atoms with E-state index >= 15 is 0 Å². The molecule has 0 radical (unpaired) electrons. The second kappa shape index (κ2) is 6.36. The highest BCUT2D eigenvalue weighted by atomic mass is 16.2. The summed E-state index contributed by atoms with van der Waals surface area (Å²) in [6.45, 7) is 0. The second-order valence-corrected chi connectivity index (χ2v) is 5.21. The number of rotatable bonds is 4. The van der Waals surface area contributed by atoms with Crippen molar-refractivity contribution in [1.29, 1.82) is 0 Å². The van der Waals surface area contributed by atoms with Crippen molar-refractivity contribution in [2.45, 2.75) is 6.42 Å². The number of para-hydroxylation sites is 2. The average molecular weight is 307 g/mol.